The molecule has 154 valence electrons. The van der Waals surface area contributed by atoms with E-state index in [9.17, 15) is 4.79 Å². The molecule has 0 aliphatic rings. The topological polar surface area (TPSA) is 68.0 Å². The molecule has 30 heavy (non-hydrogen) atoms. The molecule has 0 unspecified atom stereocenters. The van der Waals surface area contributed by atoms with Gasteiger partial charge in [0.05, 0.1) is 0 Å². The number of aryl methyl sites for hydroxylation is 2. The van der Waals surface area contributed by atoms with Crippen LogP contribution < -0.4 is 10.9 Å². The first-order chi connectivity index (χ1) is 14.4. The van der Waals surface area contributed by atoms with Gasteiger partial charge in [-0.25, -0.2) is 4.79 Å². The fourth-order valence-electron chi connectivity index (χ4n) is 3.44. The van der Waals surface area contributed by atoms with E-state index in [1.165, 1.54) is 22.5 Å². The van der Waals surface area contributed by atoms with Gasteiger partial charge in [0.25, 0.3) is 0 Å². The summed E-state index contributed by atoms with van der Waals surface area (Å²) in [5.41, 5.74) is 5.85. The minimum atomic E-state index is -0.325. The molecule has 5 nitrogen and oxygen atoms in total. The van der Waals surface area contributed by atoms with Gasteiger partial charge in [-0.3, -0.25) is 0 Å². The van der Waals surface area contributed by atoms with Crippen LogP contribution in [0, 0.1) is 13.8 Å². The number of nitrogens with zero attached hydrogens (tertiary/aromatic N) is 2. The van der Waals surface area contributed by atoms with E-state index in [-0.39, 0.29) is 5.63 Å². The molecule has 0 aliphatic heterocycles. The normalized spacial score (nSPS) is 11.4. The van der Waals surface area contributed by atoms with Gasteiger partial charge < -0.3 is 9.73 Å². The van der Waals surface area contributed by atoms with Crippen LogP contribution in [0.2, 0.25) is 0 Å². The zero-order valence-electron chi connectivity index (χ0n) is 17.4. The van der Waals surface area contributed by atoms with Crippen molar-refractivity contribution in [3.63, 3.8) is 0 Å². The lowest BCUT2D eigenvalue weighted by Gasteiger charge is -2.12. The molecule has 0 amide bonds. The molecule has 0 radical (unpaired) electrons. The zero-order valence-corrected chi connectivity index (χ0v) is 19.0. The molecule has 7 heteroatoms. The molecule has 0 saturated heterocycles. The summed E-state index contributed by atoms with van der Waals surface area (Å²) in [4.78, 5) is 12.1. The Labute approximate surface area is 183 Å². The van der Waals surface area contributed by atoms with Gasteiger partial charge in [-0.2, -0.15) is 0 Å². The first-order valence-corrected chi connectivity index (χ1v) is 11.6. The third-order valence-corrected chi connectivity index (χ3v) is 6.89. The largest absolute Gasteiger partial charge is 0.423 e. The van der Waals surface area contributed by atoms with Crippen molar-refractivity contribution < 1.29 is 4.42 Å². The molecule has 1 N–H and O–H groups in total. The van der Waals surface area contributed by atoms with Crippen molar-refractivity contribution in [1.29, 1.82) is 0 Å². The molecular weight excluding hydrogens is 414 g/mol. The monoisotopic (exact) mass is 437 g/mol. The second kappa shape index (κ2) is 8.62. The van der Waals surface area contributed by atoms with Crippen LogP contribution in [0.3, 0.4) is 0 Å². The number of hydrogen-bond acceptors (Lipinski definition) is 7. The molecule has 0 spiro atoms. The summed E-state index contributed by atoms with van der Waals surface area (Å²) in [6, 6.07) is 13.8. The average Bonchev–Trinajstić information content (AvgIpc) is 3.12. The molecule has 2 aromatic heterocycles. The van der Waals surface area contributed by atoms with Gasteiger partial charge in [-0.05, 0) is 66.3 Å². The summed E-state index contributed by atoms with van der Waals surface area (Å²) in [6.45, 7) is 8.46. The van der Waals surface area contributed by atoms with Crippen LogP contribution in [0.1, 0.15) is 42.0 Å². The van der Waals surface area contributed by atoms with Crippen LogP contribution in [-0.4, -0.2) is 10.2 Å². The maximum Gasteiger partial charge on any atom is 0.336 e. The Bertz CT molecular complexity index is 1260. The molecular formula is C23H23N3O2S2. The minimum absolute atomic E-state index is 0.325. The molecule has 0 bridgehead atoms. The van der Waals surface area contributed by atoms with Crippen molar-refractivity contribution in [3.05, 3.63) is 75.1 Å². The molecule has 4 aromatic rings. The van der Waals surface area contributed by atoms with Crippen molar-refractivity contribution in [1.82, 2.24) is 10.2 Å². The van der Waals surface area contributed by atoms with Crippen molar-refractivity contribution in [2.75, 3.05) is 5.32 Å². The number of aromatic nitrogens is 2. The van der Waals surface area contributed by atoms with Crippen molar-refractivity contribution in [2.24, 2.45) is 0 Å². The lowest BCUT2D eigenvalue weighted by molar-refractivity contribution is 0.559. The number of rotatable bonds is 6. The highest BCUT2D eigenvalue weighted by Gasteiger charge is 2.13. The van der Waals surface area contributed by atoms with E-state index in [4.69, 9.17) is 4.42 Å². The van der Waals surface area contributed by atoms with Gasteiger partial charge in [0.15, 0.2) is 4.34 Å². The number of benzene rings is 2. The number of nitrogens with one attached hydrogen (secondary N) is 1. The van der Waals surface area contributed by atoms with Crippen LogP contribution in [-0.2, 0) is 5.75 Å². The van der Waals surface area contributed by atoms with E-state index in [1.807, 2.05) is 18.2 Å². The van der Waals surface area contributed by atoms with Crippen LogP contribution >= 0.6 is 23.1 Å². The molecule has 0 atom stereocenters. The maximum atomic E-state index is 12.1. The average molecular weight is 438 g/mol. The Morgan fingerprint density at radius 2 is 1.97 bits per heavy atom. The highest BCUT2D eigenvalue weighted by Crippen LogP contribution is 2.33. The molecule has 2 aromatic carbocycles. The van der Waals surface area contributed by atoms with Gasteiger partial charge in [0.2, 0.25) is 5.13 Å². The van der Waals surface area contributed by atoms with Crippen molar-refractivity contribution in [3.8, 4) is 0 Å². The van der Waals surface area contributed by atoms with E-state index in [0.717, 1.165) is 31.7 Å². The SMILES string of the molecule is Cc1cccc(Nc2nnc(SCc3cc(=O)oc4cc(C)c(C(C)C)cc34)s2)c1. The van der Waals surface area contributed by atoms with Crippen LogP contribution in [0.4, 0.5) is 10.8 Å². The van der Waals surface area contributed by atoms with Crippen molar-refractivity contribution in [2.45, 2.75) is 43.7 Å². The summed E-state index contributed by atoms with van der Waals surface area (Å²) in [5.74, 6) is 1.03. The summed E-state index contributed by atoms with van der Waals surface area (Å²) in [7, 11) is 0. The van der Waals surface area contributed by atoms with E-state index >= 15 is 0 Å². The fourth-order valence-corrected chi connectivity index (χ4v) is 5.20. The van der Waals surface area contributed by atoms with Crippen LogP contribution in [0.15, 0.2) is 56.0 Å². The lowest BCUT2D eigenvalue weighted by atomic mass is 9.95. The smallest absolute Gasteiger partial charge is 0.336 e. The van der Waals surface area contributed by atoms with Crippen LogP contribution in [0.25, 0.3) is 11.0 Å². The molecule has 4 rings (SSSR count). The highest BCUT2D eigenvalue weighted by molar-refractivity contribution is 8.00. The number of anilines is 2. The van der Waals surface area contributed by atoms with E-state index in [2.05, 4.69) is 61.4 Å². The third-order valence-electron chi connectivity index (χ3n) is 4.87. The third kappa shape index (κ3) is 4.57. The number of hydrogen-bond donors (Lipinski definition) is 1. The minimum Gasteiger partial charge on any atom is -0.423 e. The molecule has 0 fully saturated rings. The summed E-state index contributed by atoms with van der Waals surface area (Å²) >= 11 is 3.08. The summed E-state index contributed by atoms with van der Waals surface area (Å²) < 4.78 is 6.30. The second-order valence-corrected chi connectivity index (χ2v) is 9.81. The Hall–Kier alpha value is -2.64. The van der Waals surface area contributed by atoms with E-state index < -0.39 is 0 Å². The van der Waals surface area contributed by atoms with E-state index in [0.29, 0.717) is 17.3 Å². The Morgan fingerprint density at radius 1 is 1.13 bits per heavy atom. The fraction of sp³-hybridized carbons (Fsp3) is 0.261. The quantitative estimate of drug-likeness (QED) is 0.277. The van der Waals surface area contributed by atoms with Gasteiger partial charge in [0.1, 0.15) is 5.58 Å². The molecule has 0 saturated carbocycles. The van der Waals surface area contributed by atoms with E-state index in [1.54, 1.807) is 17.8 Å². The maximum absolute atomic E-state index is 12.1. The lowest BCUT2D eigenvalue weighted by Crippen LogP contribution is -2.02. The predicted octanol–water partition coefficient (Wildman–Crippen LogP) is 6.42. The van der Waals surface area contributed by atoms with Gasteiger partial charge in [-0.15, -0.1) is 10.2 Å². The Balaban J connectivity index is 1.56. The predicted molar refractivity (Wildman–Crippen MR) is 125 cm³/mol. The first kappa shape index (κ1) is 20.6. The number of fused-ring (bicyclic) bond motifs is 1. The summed E-state index contributed by atoms with van der Waals surface area (Å²) in [6.07, 6.45) is 0. The second-order valence-electron chi connectivity index (χ2n) is 7.61. The van der Waals surface area contributed by atoms with Crippen molar-refractivity contribution >= 4 is 44.9 Å². The Morgan fingerprint density at radius 3 is 2.73 bits per heavy atom. The highest BCUT2D eigenvalue weighted by atomic mass is 32.2. The zero-order chi connectivity index (χ0) is 21.3. The standard InChI is InChI=1S/C23H23N3O2S2/c1-13(2)18-11-19-16(10-21(27)28-20(19)9-15(18)4)12-29-23-26-25-22(30-23)24-17-7-5-6-14(3)8-17/h5-11,13H,12H2,1-4H3,(H,24,25). The first-order valence-electron chi connectivity index (χ1n) is 9.76. The van der Waals surface area contributed by atoms with Gasteiger partial charge in [-0.1, -0.05) is 49.1 Å². The number of thioether (sulfide) groups is 1. The van der Waals surface area contributed by atoms with Crippen LogP contribution in [0.5, 0.6) is 0 Å². The van der Waals surface area contributed by atoms with Gasteiger partial charge in [0, 0.05) is 22.9 Å². The Kier molecular flexibility index (Phi) is 5.92. The molecule has 2 heterocycles. The summed E-state index contributed by atoms with van der Waals surface area (Å²) in [5, 5.41) is 13.5. The van der Waals surface area contributed by atoms with Gasteiger partial charge >= 0.3 is 5.63 Å². The molecule has 0 aliphatic carbocycles.